The molecule has 1 aromatic rings. The monoisotopic (exact) mass is 216 g/mol. The van der Waals surface area contributed by atoms with Crippen molar-refractivity contribution in [2.75, 3.05) is 6.61 Å². The van der Waals surface area contributed by atoms with Crippen LogP contribution in [0.15, 0.2) is 24.3 Å². The van der Waals surface area contributed by atoms with E-state index in [1.165, 1.54) is 6.42 Å². The molecule has 0 aromatic heterocycles. The molecule has 0 amide bonds. The maximum absolute atomic E-state index is 9.30. The predicted molar refractivity (Wildman–Crippen MR) is 61.7 cm³/mol. The average molecular weight is 216 g/mol. The van der Waals surface area contributed by atoms with Crippen LogP contribution in [0.1, 0.15) is 30.4 Å². The minimum absolute atomic E-state index is 0.0668. The second-order valence-electron chi connectivity index (χ2n) is 4.46. The lowest BCUT2D eigenvalue weighted by molar-refractivity contribution is 0.0872. The van der Waals surface area contributed by atoms with Gasteiger partial charge in [-0.2, -0.15) is 5.26 Å². The van der Waals surface area contributed by atoms with Gasteiger partial charge in [0, 0.05) is 12.1 Å². The summed E-state index contributed by atoms with van der Waals surface area (Å²) in [5.41, 5.74) is 1.72. The molecule has 0 heterocycles. The Morgan fingerprint density at radius 3 is 2.81 bits per heavy atom. The Morgan fingerprint density at radius 1 is 1.44 bits per heavy atom. The molecule has 84 valence electrons. The van der Waals surface area contributed by atoms with Crippen molar-refractivity contribution in [1.82, 2.24) is 5.32 Å². The van der Waals surface area contributed by atoms with Gasteiger partial charge in [-0.1, -0.05) is 12.1 Å². The summed E-state index contributed by atoms with van der Waals surface area (Å²) in [7, 11) is 0. The highest BCUT2D eigenvalue weighted by Crippen LogP contribution is 2.31. The Balaban J connectivity index is 1.96. The highest BCUT2D eigenvalue weighted by molar-refractivity contribution is 5.32. The van der Waals surface area contributed by atoms with Crippen molar-refractivity contribution in [2.45, 2.75) is 31.3 Å². The lowest BCUT2D eigenvalue weighted by Crippen LogP contribution is -2.53. The molecule has 2 rings (SSSR count). The fourth-order valence-corrected chi connectivity index (χ4v) is 2.03. The molecule has 1 aliphatic rings. The molecular weight excluding hydrogens is 200 g/mol. The Kier molecular flexibility index (Phi) is 3.23. The molecule has 3 nitrogen and oxygen atoms in total. The molecule has 0 aliphatic heterocycles. The first-order valence-corrected chi connectivity index (χ1v) is 5.63. The van der Waals surface area contributed by atoms with Crippen LogP contribution in [0.3, 0.4) is 0 Å². The topological polar surface area (TPSA) is 56.0 Å². The highest BCUT2D eigenvalue weighted by atomic mass is 16.3. The fraction of sp³-hybridized carbons (Fsp3) is 0.462. The number of hydrogen-bond acceptors (Lipinski definition) is 3. The van der Waals surface area contributed by atoms with Gasteiger partial charge in [-0.25, -0.2) is 0 Å². The van der Waals surface area contributed by atoms with E-state index in [4.69, 9.17) is 5.26 Å². The number of rotatable bonds is 4. The molecule has 0 bridgehead atoms. The number of aliphatic hydroxyl groups is 1. The van der Waals surface area contributed by atoms with Crippen molar-refractivity contribution in [3.8, 4) is 6.07 Å². The van der Waals surface area contributed by atoms with Gasteiger partial charge in [0.1, 0.15) is 0 Å². The second kappa shape index (κ2) is 4.65. The largest absolute Gasteiger partial charge is 0.394 e. The average Bonchev–Trinajstić information content (AvgIpc) is 2.29. The molecule has 0 radical (unpaired) electrons. The van der Waals surface area contributed by atoms with E-state index >= 15 is 0 Å². The molecule has 1 aliphatic carbocycles. The van der Waals surface area contributed by atoms with Gasteiger partial charge in [-0.15, -0.1) is 0 Å². The smallest absolute Gasteiger partial charge is 0.0991 e. The lowest BCUT2D eigenvalue weighted by atomic mass is 9.77. The minimum atomic E-state index is -0.0668. The minimum Gasteiger partial charge on any atom is -0.394 e. The SMILES string of the molecule is N#Cc1cccc(CNC2(CO)CCC2)c1. The van der Waals surface area contributed by atoms with Crippen molar-refractivity contribution < 1.29 is 5.11 Å². The van der Waals surface area contributed by atoms with E-state index in [9.17, 15) is 5.11 Å². The van der Waals surface area contributed by atoms with Crippen LogP contribution in [0.2, 0.25) is 0 Å². The third-order valence-corrected chi connectivity index (χ3v) is 3.34. The first-order chi connectivity index (χ1) is 7.78. The van der Waals surface area contributed by atoms with Gasteiger partial charge in [0.2, 0.25) is 0 Å². The third kappa shape index (κ3) is 2.24. The van der Waals surface area contributed by atoms with E-state index in [1.54, 1.807) is 6.07 Å². The van der Waals surface area contributed by atoms with Crippen molar-refractivity contribution in [3.05, 3.63) is 35.4 Å². The van der Waals surface area contributed by atoms with E-state index in [1.807, 2.05) is 18.2 Å². The summed E-state index contributed by atoms with van der Waals surface area (Å²) in [5, 5.41) is 21.5. The third-order valence-electron chi connectivity index (χ3n) is 3.34. The van der Waals surface area contributed by atoms with Gasteiger partial charge in [0.25, 0.3) is 0 Å². The van der Waals surface area contributed by atoms with Crippen LogP contribution < -0.4 is 5.32 Å². The summed E-state index contributed by atoms with van der Waals surface area (Å²) >= 11 is 0. The maximum Gasteiger partial charge on any atom is 0.0991 e. The predicted octanol–water partition coefficient (Wildman–Crippen LogP) is 1.56. The lowest BCUT2D eigenvalue weighted by Gasteiger charge is -2.41. The summed E-state index contributed by atoms with van der Waals surface area (Å²) < 4.78 is 0. The Labute approximate surface area is 95.7 Å². The Bertz CT molecular complexity index is 399. The number of aliphatic hydroxyl groups excluding tert-OH is 1. The standard InChI is InChI=1S/C13H16N2O/c14-8-11-3-1-4-12(7-11)9-15-13(10-16)5-2-6-13/h1,3-4,7,15-16H,2,5-6,9-10H2. The number of nitrogens with zero attached hydrogens (tertiary/aromatic N) is 1. The van der Waals surface area contributed by atoms with Gasteiger partial charge in [0.15, 0.2) is 0 Å². The van der Waals surface area contributed by atoms with Gasteiger partial charge in [0.05, 0.1) is 18.2 Å². The van der Waals surface area contributed by atoms with Gasteiger partial charge in [-0.3, -0.25) is 0 Å². The van der Waals surface area contributed by atoms with Crippen molar-refractivity contribution in [1.29, 1.82) is 5.26 Å². The van der Waals surface area contributed by atoms with Crippen LogP contribution in [-0.4, -0.2) is 17.3 Å². The fourth-order valence-electron chi connectivity index (χ4n) is 2.03. The highest BCUT2D eigenvalue weighted by Gasteiger charge is 2.35. The number of nitrogens with one attached hydrogen (secondary N) is 1. The molecule has 0 atom stereocenters. The zero-order valence-corrected chi connectivity index (χ0v) is 9.24. The van der Waals surface area contributed by atoms with Gasteiger partial charge in [-0.05, 0) is 37.0 Å². The molecule has 16 heavy (non-hydrogen) atoms. The molecular formula is C13H16N2O. The summed E-state index contributed by atoms with van der Waals surface area (Å²) in [4.78, 5) is 0. The summed E-state index contributed by atoms with van der Waals surface area (Å²) in [6.07, 6.45) is 3.27. The maximum atomic E-state index is 9.30. The quantitative estimate of drug-likeness (QED) is 0.803. The Morgan fingerprint density at radius 2 is 2.25 bits per heavy atom. The summed E-state index contributed by atoms with van der Waals surface area (Å²) in [5.74, 6) is 0. The van der Waals surface area contributed by atoms with Crippen LogP contribution in [-0.2, 0) is 6.54 Å². The van der Waals surface area contributed by atoms with Crippen LogP contribution in [0.5, 0.6) is 0 Å². The second-order valence-corrected chi connectivity index (χ2v) is 4.46. The molecule has 3 heteroatoms. The van der Waals surface area contributed by atoms with Crippen LogP contribution in [0.25, 0.3) is 0 Å². The molecule has 1 fully saturated rings. The summed E-state index contributed by atoms with van der Waals surface area (Å²) in [6, 6.07) is 9.70. The Hall–Kier alpha value is -1.37. The van der Waals surface area contributed by atoms with Crippen LogP contribution in [0.4, 0.5) is 0 Å². The van der Waals surface area contributed by atoms with Gasteiger partial charge < -0.3 is 10.4 Å². The molecule has 1 aromatic carbocycles. The van der Waals surface area contributed by atoms with Gasteiger partial charge >= 0.3 is 0 Å². The van der Waals surface area contributed by atoms with E-state index in [-0.39, 0.29) is 12.1 Å². The number of hydrogen-bond donors (Lipinski definition) is 2. The number of benzene rings is 1. The number of nitriles is 1. The van der Waals surface area contributed by atoms with Crippen molar-refractivity contribution >= 4 is 0 Å². The van der Waals surface area contributed by atoms with Crippen molar-refractivity contribution in [2.24, 2.45) is 0 Å². The molecule has 2 N–H and O–H groups in total. The molecule has 0 saturated heterocycles. The zero-order valence-electron chi connectivity index (χ0n) is 9.24. The zero-order chi connectivity index (χ0) is 11.4. The first-order valence-electron chi connectivity index (χ1n) is 5.63. The van der Waals surface area contributed by atoms with Crippen LogP contribution >= 0.6 is 0 Å². The normalized spacial score (nSPS) is 17.5. The van der Waals surface area contributed by atoms with Crippen molar-refractivity contribution in [3.63, 3.8) is 0 Å². The van der Waals surface area contributed by atoms with E-state index < -0.39 is 0 Å². The van der Waals surface area contributed by atoms with Crippen LogP contribution in [0, 0.1) is 11.3 Å². The van der Waals surface area contributed by atoms with E-state index in [2.05, 4.69) is 11.4 Å². The first kappa shape index (κ1) is 11.1. The summed E-state index contributed by atoms with van der Waals surface area (Å²) in [6.45, 7) is 0.918. The van der Waals surface area contributed by atoms with E-state index in [0.717, 1.165) is 24.9 Å². The molecule has 0 spiro atoms. The molecule has 1 saturated carbocycles. The van der Waals surface area contributed by atoms with E-state index in [0.29, 0.717) is 5.56 Å². The molecule has 0 unspecified atom stereocenters.